The van der Waals surface area contributed by atoms with E-state index in [1.807, 2.05) is 0 Å². The average molecular weight is 584 g/mol. The molecule has 0 aliphatic carbocycles. The predicted molar refractivity (Wildman–Crippen MR) is 146 cm³/mol. The van der Waals surface area contributed by atoms with Crippen LogP contribution < -0.4 is 9.64 Å². The first-order chi connectivity index (χ1) is 19.5. The lowest BCUT2D eigenvalue weighted by atomic mass is 9.99. The zero-order chi connectivity index (χ0) is 29.8. The monoisotopic (exact) mass is 583 g/mol. The Labute approximate surface area is 236 Å². The molecule has 0 unspecified atom stereocenters. The number of rotatable bonds is 10. The van der Waals surface area contributed by atoms with E-state index < -0.39 is 40.5 Å². The Bertz CT molecular complexity index is 1590. The van der Waals surface area contributed by atoms with E-state index in [-0.39, 0.29) is 34.4 Å². The number of carbonyl (C=O) groups excluding carboxylic acids is 1. The van der Waals surface area contributed by atoms with Crippen LogP contribution >= 0.6 is 11.3 Å². The maximum absolute atomic E-state index is 14.6. The van der Waals surface area contributed by atoms with Crippen molar-refractivity contribution in [2.24, 2.45) is 0 Å². The van der Waals surface area contributed by atoms with Crippen molar-refractivity contribution >= 4 is 33.9 Å². The third kappa shape index (κ3) is 6.18. The van der Waals surface area contributed by atoms with Crippen LogP contribution in [0, 0.1) is 21.7 Å². The maximum Gasteiger partial charge on any atom is 0.412 e. The maximum atomic E-state index is 14.6. The predicted octanol–water partition coefficient (Wildman–Crippen LogP) is 5.38. The van der Waals surface area contributed by atoms with E-state index in [2.05, 4.69) is 10.2 Å². The Balaban J connectivity index is 1.98. The van der Waals surface area contributed by atoms with Crippen molar-refractivity contribution in [1.82, 2.24) is 15.1 Å². The van der Waals surface area contributed by atoms with Gasteiger partial charge in [-0.05, 0) is 55.6 Å². The van der Waals surface area contributed by atoms with Gasteiger partial charge >= 0.3 is 6.09 Å². The molecular weight excluding hydrogens is 560 g/mol. The van der Waals surface area contributed by atoms with Crippen molar-refractivity contribution in [2.45, 2.75) is 13.1 Å². The largest absolute Gasteiger partial charge is 0.480 e. The summed E-state index contributed by atoms with van der Waals surface area (Å²) in [7, 11) is 4.85. The van der Waals surface area contributed by atoms with Gasteiger partial charge in [-0.2, -0.15) is 0 Å². The second-order valence-electron chi connectivity index (χ2n) is 8.99. The molecule has 1 N–H and O–H groups in total. The number of hydrogen-bond acceptors (Lipinski definition) is 9. The van der Waals surface area contributed by atoms with Crippen LogP contribution in [-0.2, 0) is 13.1 Å². The van der Waals surface area contributed by atoms with Crippen molar-refractivity contribution < 1.29 is 33.1 Å². The highest BCUT2D eigenvalue weighted by atomic mass is 32.1. The number of carbonyl (C=O) groups is 2. The van der Waals surface area contributed by atoms with Gasteiger partial charge in [0.25, 0.3) is 5.69 Å². The zero-order valence-corrected chi connectivity index (χ0v) is 22.8. The summed E-state index contributed by atoms with van der Waals surface area (Å²) in [5.74, 6) is -2.44. The molecule has 0 aliphatic heterocycles. The molecule has 0 saturated carbocycles. The molecule has 4 aromatic rings. The summed E-state index contributed by atoms with van der Waals surface area (Å²) in [5.41, 5.74) is 0.0227. The Morgan fingerprint density at radius 3 is 2.17 bits per heavy atom. The molecule has 212 valence electrons. The summed E-state index contributed by atoms with van der Waals surface area (Å²) in [6, 6.07) is 11.5. The number of nitro benzene ring substituents is 1. The Kier molecular flexibility index (Phi) is 8.64. The van der Waals surface area contributed by atoms with Crippen molar-refractivity contribution in [3.63, 3.8) is 0 Å². The molecule has 1 amide bonds. The van der Waals surface area contributed by atoms with Crippen molar-refractivity contribution in [3.05, 3.63) is 98.7 Å². The SMILES string of the molecule is COc1ccc(C(=O)c2c(N(Cc3c(F)cccc3F)C(=O)O)sc(-c3ccc([N+](=O)[O-])cc3)c2CN(C)C)nn1. The number of aromatic nitrogens is 2. The second-order valence-corrected chi connectivity index (χ2v) is 9.99. The number of benzene rings is 2. The number of carboxylic acid groups (broad SMARTS) is 1. The minimum atomic E-state index is -1.56. The second kappa shape index (κ2) is 12.1. The number of nitro groups is 1. The van der Waals surface area contributed by atoms with Gasteiger partial charge in [0.2, 0.25) is 11.7 Å². The molecule has 2 heterocycles. The topological polar surface area (TPSA) is 139 Å². The smallest absolute Gasteiger partial charge is 0.412 e. The van der Waals surface area contributed by atoms with E-state index in [0.717, 1.165) is 29.5 Å². The van der Waals surface area contributed by atoms with Gasteiger partial charge in [-0.25, -0.2) is 13.6 Å². The van der Waals surface area contributed by atoms with Crippen LogP contribution in [0.5, 0.6) is 5.88 Å². The third-order valence-corrected chi connectivity index (χ3v) is 7.27. The fourth-order valence-electron chi connectivity index (χ4n) is 4.06. The number of nitrogens with zero attached hydrogens (tertiary/aromatic N) is 5. The van der Waals surface area contributed by atoms with Crippen molar-refractivity contribution in [3.8, 4) is 16.3 Å². The molecule has 0 radical (unpaired) electrons. The number of thiophene rings is 1. The van der Waals surface area contributed by atoms with Gasteiger partial charge in [0, 0.05) is 35.2 Å². The summed E-state index contributed by atoms with van der Waals surface area (Å²) in [5, 5.41) is 29.1. The first kappa shape index (κ1) is 29.2. The highest BCUT2D eigenvalue weighted by Gasteiger charge is 2.33. The molecule has 2 aromatic heterocycles. The summed E-state index contributed by atoms with van der Waals surface area (Å²) in [6.07, 6.45) is -1.56. The van der Waals surface area contributed by atoms with Crippen LogP contribution in [0.4, 0.5) is 24.3 Å². The van der Waals surface area contributed by atoms with Crippen LogP contribution in [0.3, 0.4) is 0 Å². The van der Waals surface area contributed by atoms with E-state index in [1.54, 1.807) is 19.0 Å². The number of ether oxygens (including phenoxy) is 1. The van der Waals surface area contributed by atoms with Crippen LogP contribution in [0.25, 0.3) is 10.4 Å². The number of amides is 1. The lowest BCUT2D eigenvalue weighted by Crippen LogP contribution is -2.30. The van der Waals surface area contributed by atoms with E-state index in [9.17, 15) is 33.6 Å². The van der Waals surface area contributed by atoms with Crippen molar-refractivity contribution in [1.29, 1.82) is 0 Å². The number of methoxy groups -OCH3 is 1. The standard InChI is InChI=1S/C27H23F2N5O6S/c1-32(2)13-18-23(24(35)21-11-12-22(40-3)31-30-21)26(41-25(18)15-7-9-16(10-8-15)34(38)39)33(27(36)37)14-17-19(28)5-4-6-20(17)29/h4-12H,13-14H2,1-3H3,(H,36,37). The molecule has 0 spiro atoms. The first-order valence-corrected chi connectivity index (χ1v) is 12.7. The third-order valence-electron chi connectivity index (χ3n) is 5.97. The number of anilines is 1. The molecule has 41 heavy (non-hydrogen) atoms. The van der Waals surface area contributed by atoms with Crippen molar-refractivity contribution in [2.75, 3.05) is 26.1 Å². The van der Waals surface area contributed by atoms with Gasteiger partial charge in [-0.1, -0.05) is 6.07 Å². The summed E-state index contributed by atoms with van der Waals surface area (Å²) in [4.78, 5) is 40.1. The number of halogens is 2. The van der Waals surface area contributed by atoms with E-state index in [4.69, 9.17) is 4.74 Å². The van der Waals surface area contributed by atoms with E-state index >= 15 is 0 Å². The van der Waals surface area contributed by atoms with Crippen LogP contribution in [0.2, 0.25) is 0 Å². The zero-order valence-electron chi connectivity index (χ0n) is 22.0. The van der Waals surface area contributed by atoms with E-state index in [0.29, 0.717) is 20.9 Å². The molecule has 11 nitrogen and oxygen atoms in total. The molecule has 0 saturated heterocycles. The Morgan fingerprint density at radius 1 is 1.00 bits per heavy atom. The molecule has 0 atom stereocenters. The summed E-state index contributed by atoms with van der Waals surface area (Å²) < 4.78 is 34.2. The molecule has 14 heteroatoms. The minimum Gasteiger partial charge on any atom is -0.480 e. The molecule has 2 aromatic carbocycles. The highest BCUT2D eigenvalue weighted by Crippen LogP contribution is 2.44. The molecule has 0 aliphatic rings. The van der Waals surface area contributed by atoms with Gasteiger partial charge in [0.1, 0.15) is 22.3 Å². The minimum absolute atomic E-state index is 0.0596. The first-order valence-electron chi connectivity index (χ1n) is 11.9. The fourth-order valence-corrected chi connectivity index (χ4v) is 5.36. The number of non-ortho nitro benzene ring substituents is 1. The lowest BCUT2D eigenvalue weighted by Gasteiger charge is -2.20. The van der Waals surface area contributed by atoms with Gasteiger partial charge in [0.05, 0.1) is 24.1 Å². The van der Waals surface area contributed by atoms with Gasteiger partial charge in [-0.15, -0.1) is 21.5 Å². The number of hydrogen-bond donors (Lipinski definition) is 1. The fraction of sp³-hybridized carbons (Fsp3) is 0.185. The molecule has 4 rings (SSSR count). The van der Waals surface area contributed by atoms with Gasteiger partial charge in [-0.3, -0.25) is 19.8 Å². The summed E-state index contributed by atoms with van der Waals surface area (Å²) in [6.45, 7) is -0.584. The van der Waals surface area contributed by atoms with E-state index in [1.165, 1.54) is 43.5 Å². The normalized spacial score (nSPS) is 11.0. The van der Waals surface area contributed by atoms with Crippen LogP contribution in [-0.4, -0.2) is 58.2 Å². The molecule has 0 bridgehead atoms. The van der Waals surface area contributed by atoms with Crippen LogP contribution in [0.1, 0.15) is 27.2 Å². The number of ketones is 1. The van der Waals surface area contributed by atoms with Crippen LogP contribution in [0.15, 0.2) is 54.6 Å². The lowest BCUT2D eigenvalue weighted by molar-refractivity contribution is -0.384. The Morgan fingerprint density at radius 2 is 1.66 bits per heavy atom. The quantitative estimate of drug-likeness (QED) is 0.148. The average Bonchev–Trinajstić information content (AvgIpc) is 3.30. The Hall–Kier alpha value is -4.82. The van der Waals surface area contributed by atoms with Gasteiger partial charge in [0.15, 0.2) is 0 Å². The summed E-state index contributed by atoms with van der Waals surface area (Å²) >= 11 is 0.903. The molecular formula is C27H23F2N5O6S. The highest BCUT2D eigenvalue weighted by molar-refractivity contribution is 7.20. The van der Waals surface area contributed by atoms with Gasteiger partial charge < -0.3 is 14.7 Å². The molecule has 0 fully saturated rings.